The third-order valence-electron chi connectivity index (χ3n) is 2.88. The summed E-state index contributed by atoms with van der Waals surface area (Å²) >= 11 is 0. The highest BCUT2D eigenvalue weighted by Crippen LogP contribution is 2.11. The number of carboxylic acid groups (broad SMARTS) is 1. The molecule has 8 nitrogen and oxygen atoms in total. The van der Waals surface area contributed by atoms with Crippen LogP contribution in [0.1, 0.15) is 20.3 Å². The van der Waals surface area contributed by atoms with Gasteiger partial charge in [0.15, 0.2) is 0 Å². The van der Waals surface area contributed by atoms with E-state index in [-0.39, 0.29) is 19.6 Å². The van der Waals surface area contributed by atoms with E-state index in [1.807, 2.05) is 0 Å². The summed E-state index contributed by atoms with van der Waals surface area (Å²) < 4.78 is 9.97. The topological polar surface area (TPSA) is 105 Å². The first-order valence-electron chi connectivity index (χ1n) is 6.49. The quantitative estimate of drug-likeness (QED) is 0.680. The van der Waals surface area contributed by atoms with Crippen molar-refractivity contribution in [1.82, 2.24) is 10.2 Å². The zero-order valence-corrected chi connectivity index (χ0v) is 11.6. The number of esters is 1. The Balaban J connectivity index is 2.58. The number of urea groups is 1. The minimum absolute atomic E-state index is 0.174. The van der Waals surface area contributed by atoms with Crippen LogP contribution in [0.15, 0.2) is 0 Å². The van der Waals surface area contributed by atoms with Gasteiger partial charge in [0.05, 0.1) is 32.3 Å². The fraction of sp³-hybridized carbons (Fsp3) is 0.750. The molecule has 8 heteroatoms. The van der Waals surface area contributed by atoms with Gasteiger partial charge in [-0.3, -0.25) is 4.79 Å². The lowest BCUT2D eigenvalue weighted by atomic mass is 10.1. The largest absolute Gasteiger partial charge is 0.481 e. The van der Waals surface area contributed by atoms with Crippen molar-refractivity contribution in [1.29, 1.82) is 0 Å². The number of carboxylic acids is 1. The average molecular weight is 288 g/mol. The number of nitrogens with one attached hydrogen (secondary N) is 1. The van der Waals surface area contributed by atoms with Gasteiger partial charge in [0, 0.05) is 6.54 Å². The van der Waals surface area contributed by atoms with Crippen LogP contribution in [0.25, 0.3) is 0 Å². The molecule has 20 heavy (non-hydrogen) atoms. The number of nitrogens with zero attached hydrogens (tertiary/aromatic N) is 1. The molecular weight excluding hydrogens is 268 g/mol. The van der Waals surface area contributed by atoms with Gasteiger partial charge in [-0.1, -0.05) is 0 Å². The first-order chi connectivity index (χ1) is 9.45. The number of ether oxygens (including phenoxy) is 2. The third-order valence-corrected chi connectivity index (χ3v) is 2.88. The molecule has 0 aromatic carbocycles. The van der Waals surface area contributed by atoms with E-state index < -0.39 is 30.1 Å². The molecule has 0 bridgehead atoms. The first-order valence-corrected chi connectivity index (χ1v) is 6.49. The molecule has 0 aliphatic carbocycles. The Hall–Kier alpha value is -1.83. The second kappa shape index (κ2) is 7.68. The minimum Gasteiger partial charge on any atom is -0.481 e. The SMILES string of the molecule is CCOC(=O)C(C)NC(=O)N1CCOCC1CC(=O)O. The molecule has 0 saturated carbocycles. The van der Waals surface area contributed by atoms with Gasteiger partial charge in [0.25, 0.3) is 0 Å². The Bertz CT molecular complexity index is 373. The number of carbonyl (C=O) groups is 3. The maximum absolute atomic E-state index is 12.1. The fourth-order valence-electron chi connectivity index (χ4n) is 1.89. The summed E-state index contributed by atoms with van der Waals surface area (Å²) in [6.45, 7) is 4.24. The van der Waals surface area contributed by atoms with Crippen LogP contribution in [0.4, 0.5) is 4.79 Å². The average Bonchev–Trinajstić information content (AvgIpc) is 2.38. The Morgan fingerprint density at radius 3 is 2.80 bits per heavy atom. The number of amides is 2. The molecule has 1 rings (SSSR count). The summed E-state index contributed by atoms with van der Waals surface area (Å²) in [5.41, 5.74) is 0. The third kappa shape index (κ3) is 4.69. The van der Waals surface area contributed by atoms with E-state index in [9.17, 15) is 14.4 Å². The van der Waals surface area contributed by atoms with Gasteiger partial charge in [-0.2, -0.15) is 0 Å². The molecule has 2 N–H and O–H groups in total. The van der Waals surface area contributed by atoms with Gasteiger partial charge in [-0.15, -0.1) is 0 Å². The maximum Gasteiger partial charge on any atom is 0.328 e. The number of hydrogen-bond acceptors (Lipinski definition) is 5. The lowest BCUT2D eigenvalue weighted by molar-refractivity contribution is -0.145. The monoisotopic (exact) mass is 288 g/mol. The Morgan fingerprint density at radius 2 is 2.20 bits per heavy atom. The zero-order chi connectivity index (χ0) is 15.1. The van der Waals surface area contributed by atoms with E-state index in [2.05, 4.69) is 5.32 Å². The van der Waals surface area contributed by atoms with E-state index in [1.54, 1.807) is 6.92 Å². The number of morpholine rings is 1. The van der Waals surface area contributed by atoms with Crippen LogP contribution in [0.5, 0.6) is 0 Å². The van der Waals surface area contributed by atoms with Crippen molar-refractivity contribution in [2.24, 2.45) is 0 Å². The molecule has 0 spiro atoms. The predicted octanol–water partition coefficient (Wildman–Crippen LogP) is -0.177. The summed E-state index contributed by atoms with van der Waals surface area (Å²) in [4.78, 5) is 35.7. The van der Waals surface area contributed by atoms with Crippen LogP contribution in [0.2, 0.25) is 0 Å². The van der Waals surface area contributed by atoms with Crippen LogP contribution in [-0.2, 0) is 19.1 Å². The molecule has 1 heterocycles. The zero-order valence-electron chi connectivity index (χ0n) is 11.6. The number of aliphatic carboxylic acids is 1. The smallest absolute Gasteiger partial charge is 0.328 e. The van der Waals surface area contributed by atoms with Crippen LogP contribution < -0.4 is 5.32 Å². The molecule has 2 atom stereocenters. The summed E-state index contributed by atoms with van der Waals surface area (Å²) in [6.07, 6.45) is -0.193. The van der Waals surface area contributed by atoms with Crippen molar-refractivity contribution in [2.45, 2.75) is 32.4 Å². The molecule has 1 fully saturated rings. The highest BCUT2D eigenvalue weighted by atomic mass is 16.5. The van der Waals surface area contributed by atoms with Gasteiger partial charge < -0.3 is 24.8 Å². The molecule has 1 aliphatic heterocycles. The molecule has 0 aromatic heterocycles. The number of carbonyl (C=O) groups excluding carboxylic acids is 2. The van der Waals surface area contributed by atoms with E-state index >= 15 is 0 Å². The Labute approximate surface area is 117 Å². The first kappa shape index (κ1) is 16.2. The second-order valence-corrected chi connectivity index (χ2v) is 4.44. The van der Waals surface area contributed by atoms with Crippen molar-refractivity contribution in [3.05, 3.63) is 0 Å². The molecular formula is C12H20N2O6. The molecule has 2 amide bonds. The van der Waals surface area contributed by atoms with Crippen molar-refractivity contribution in [2.75, 3.05) is 26.4 Å². The van der Waals surface area contributed by atoms with Crippen LogP contribution in [0, 0.1) is 0 Å². The predicted molar refractivity (Wildman–Crippen MR) is 68.2 cm³/mol. The number of rotatable bonds is 5. The van der Waals surface area contributed by atoms with Crippen LogP contribution >= 0.6 is 0 Å². The summed E-state index contributed by atoms with van der Waals surface area (Å²) in [5, 5.41) is 11.3. The van der Waals surface area contributed by atoms with E-state index in [4.69, 9.17) is 14.6 Å². The van der Waals surface area contributed by atoms with Crippen molar-refractivity contribution >= 4 is 18.0 Å². The number of hydrogen-bond donors (Lipinski definition) is 2. The normalized spacial score (nSPS) is 20.1. The molecule has 2 unspecified atom stereocenters. The standard InChI is InChI=1S/C12H20N2O6/c1-3-20-11(17)8(2)13-12(18)14-4-5-19-7-9(14)6-10(15)16/h8-9H,3-7H2,1-2H3,(H,13,18)(H,15,16). The fourth-order valence-corrected chi connectivity index (χ4v) is 1.89. The summed E-state index contributed by atoms with van der Waals surface area (Å²) in [5.74, 6) is -1.53. The van der Waals surface area contributed by atoms with Crippen molar-refractivity contribution < 1.29 is 29.0 Å². The van der Waals surface area contributed by atoms with E-state index in [0.29, 0.717) is 13.2 Å². The van der Waals surface area contributed by atoms with E-state index in [1.165, 1.54) is 11.8 Å². The maximum atomic E-state index is 12.1. The molecule has 114 valence electrons. The van der Waals surface area contributed by atoms with Gasteiger partial charge in [0.2, 0.25) is 0 Å². The van der Waals surface area contributed by atoms with Crippen molar-refractivity contribution in [3.8, 4) is 0 Å². The summed E-state index contributed by atoms with van der Waals surface area (Å²) in [6, 6.07) is -1.80. The van der Waals surface area contributed by atoms with Gasteiger partial charge in [-0.05, 0) is 13.8 Å². The Kier molecular flexibility index (Phi) is 6.23. The van der Waals surface area contributed by atoms with Gasteiger partial charge in [-0.25, -0.2) is 9.59 Å². The molecule has 1 saturated heterocycles. The van der Waals surface area contributed by atoms with Crippen LogP contribution in [-0.4, -0.2) is 66.4 Å². The van der Waals surface area contributed by atoms with Gasteiger partial charge in [0.1, 0.15) is 6.04 Å². The summed E-state index contributed by atoms with van der Waals surface area (Å²) in [7, 11) is 0. The Morgan fingerprint density at radius 1 is 1.50 bits per heavy atom. The lowest BCUT2D eigenvalue weighted by Gasteiger charge is -2.35. The van der Waals surface area contributed by atoms with Crippen molar-refractivity contribution in [3.63, 3.8) is 0 Å². The lowest BCUT2D eigenvalue weighted by Crippen LogP contribution is -2.55. The van der Waals surface area contributed by atoms with Gasteiger partial charge >= 0.3 is 18.0 Å². The second-order valence-electron chi connectivity index (χ2n) is 4.44. The van der Waals surface area contributed by atoms with Crippen LogP contribution in [0.3, 0.4) is 0 Å². The molecule has 1 aliphatic rings. The highest BCUT2D eigenvalue weighted by Gasteiger charge is 2.30. The molecule has 0 aromatic rings. The highest BCUT2D eigenvalue weighted by molar-refractivity contribution is 5.83. The van der Waals surface area contributed by atoms with E-state index in [0.717, 1.165) is 0 Å². The minimum atomic E-state index is -1.00. The molecule has 0 radical (unpaired) electrons.